The van der Waals surface area contributed by atoms with Gasteiger partial charge in [-0.15, -0.1) is 0 Å². The van der Waals surface area contributed by atoms with Crippen LogP contribution in [0.3, 0.4) is 0 Å². The smallest absolute Gasteiger partial charge is 0.258 e. The number of rotatable bonds is 8. The van der Waals surface area contributed by atoms with E-state index in [1.165, 1.54) is 0 Å². The largest absolute Gasteiger partial charge is 0.490 e. The molecule has 39 heavy (non-hydrogen) atoms. The Morgan fingerprint density at radius 2 is 1.95 bits per heavy atom. The summed E-state index contributed by atoms with van der Waals surface area (Å²) in [5.41, 5.74) is 8.86. The molecule has 5 rings (SSSR count). The second-order valence-corrected chi connectivity index (χ2v) is 10.0. The minimum Gasteiger partial charge on any atom is -0.490 e. The highest BCUT2D eigenvalue weighted by atomic mass is 35.5. The van der Waals surface area contributed by atoms with Gasteiger partial charge in [0.15, 0.2) is 11.5 Å². The number of hydrogen-bond donors (Lipinski definition) is 1. The number of nitrogens with two attached hydrogens (primary N) is 1. The maximum absolute atomic E-state index is 13.9. The Labute approximate surface area is 232 Å². The third-order valence-electron chi connectivity index (χ3n) is 7.01. The van der Waals surface area contributed by atoms with Gasteiger partial charge in [0.1, 0.15) is 24.0 Å². The number of allylic oxidation sites excluding steroid dienone is 1. The molecule has 202 valence electrons. The zero-order chi connectivity index (χ0) is 27.5. The maximum atomic E-state index is 13.9. The molecule has 2 aliphatic rings. The average Bonchev–Trinajstić information content (AvgIpc) is 3.44. The molecule has 8 nitrogen and oxygen atoms in total. The highest BCUT2D eigenvalue weighted by molar-refractivity contribution is 6.30. The second-order valence-electron chi connectivity index (χ2n) is 9.59. The summed E-state index contributed by atoms with van der Waals surface area (Å²) in [7, 11) is 0. The van der Waals surface area contributed by atoms with Crippen LogP contribution >= 0.6 is 11.6 Å². The summed E-state index contributed by atoms with van der Waals surface area (Å²) in [5, 5.41) is 10.7. The number of halogens is 1. The third-order valence-corrected chi connectivity index (χ3v) is 7.26. The van der Waals surface area contributed by atoms with E-state index in [2.05, 4.69) is 6.07 Å². The molecule has 0 amide bonds. The summed E-state index contributed by atoms with van der Waals surface area (Å²) in [4.78, 5) is 13.9. The Morgan fingerprint density at radius 1 is 1.15 bits per heavy atom. The molecule has 1 saturated heterocycles. The van der Waals surface area contributed by atoms with Gasteiger partial charge in [-0.05, 0) is 62.1 Å². The van der Waals surface area contributed by atoms with Crippen LogP contribution in [0, 0.1) is 18.3 Å². The predicted octanol–water partition coefficient (Wildman–Crippen LogP) is 5.19. The van der Waals surface area contributed by atoms with Crippen LogP contribution in [0.4, 0.5) is 0 Å². The molecule has 0 spiro atoms. The molecule has 0 saturated carbocycles. The minimum atomic E-state index is -0.730. The lowest BCUT2D eigenvalue weighted by Crippen LogP contribution is -2.35. The Morgan fingerprint density at radius 3 is 2.64 bits per heavy atom. The van der Waals surface area contributed by atoms with Gasteiger partial charge < -0.3 is 29.2 Å². The van der Waals surface area contributed by atoms with Crippen LogP contribution in [0.15, 0.2) is 64.8 Å². The summed E-state index contributed by atoms with van der Waals surface area (Å²) < 4.78 is 25.3. The monoisotopic (exact) mass is 547 g/mol. The third kappa shape index (κ3) is 5.47. The van der Waals surface area contributed by atoms with E-state index in [0.29, 0.717) is 59.8 Å². The lowest BCUT2D eigenvalue weighted by molar-refractivity contribution is 0.0955. The number of hydrogen-bond acceptors (Lipinski definition) is 7. The zero-order valence-corrected chi connectivity index (χ0v) is 22.7. The van der Waals surface area contributed by atoms with E-state index >= 15 is 0 Å². The molecule has 3 heterocycles. The van der Waals surface area contributed by atoms with E-state index in [1.54, 1.807) is 22.8 Å². The molecule has 2 aromatic carbocycles. The minimum absolute atomic E-state index is 0.0216. The fourth-order valence-electron chi connectivity index (χ4n) is 5.07. The first-order chi connectivity index (χ1) is 18.9. The average molecular weight is 548 g/mol. The van der Waals surface area contributed by atoms with E-state index in [9.17, 15) is 10.1 Å². The normalized spacial score (nSPS) is 18.3. The molecule has 0 radical (unpaired) electrons. The molecule has 0 aliphatic carbocycles. The Bertz CT molecular complexity index is 1500. The van der Waals surface area contributed by atoms with Crippen molar-refractivity contribution < 1.29 is 18.9 Å². The van der Waals surface area contributed by atoms with Gasteiger partial charge >= 0.3 is 0 Å². The van der Waals surface area contributed by atoms with Crippen molar-refractivity contribution in [3.05, 3.63) is 97.7 Å². The SMILES string of the molecule is CCOc1cc([C@H]2C(C#N)=C(N)Oc3cc(C)n(C[C@@H]4CCCO4)c(=O)c32)ccc1OCc1ccc(Cl)cc1. The second kappa shape index (κ2) is 11.4. The van der Waals surface area contributed by atoms with Crippen LogP contribution in [0.5, 0.6) is 17.2 Å². The molecule has 2 atom stereocenters. The van der Waals surface area contributed by atoms with Crippen molar-refractivity contribution in [3.8, 4) is 23.3 Å². The van der Waals surface area contributed by atoms with E-state index in [1.807, 2.05) is 44.2 Å². The lowest BCUT2D eigenvalue weighted by atomic mass is 9.83. The first-order valence-electron chi connectivity index (χ1n) is 13.0. The summed E-state index contributed by atoms with van der Waals surface area (Å²) >= 11 is 5.99. The summed E-state index contributed by atoms with van der Waals surface area (Å²) in [6.07, 6.45) is 1.84. The molecule has 0 unspecified atom stereocenters. The van der Waals surface area contributed by atoms with Crippen LogP contribution in [-0.4, -0.2) is 23.9 Å². The number of aryl methyl sites for hydroxylation is 1. The van der Waals surface area contributed by atoms with E-state index in [0.717, 1.165) is 24.1 Å². The quantitative estimate of drug-likeness (QED) is 0.413. The molecule has 0 bridgehead atoms. The first-order valence-corrected chi connectivity index (χ1v) is 13.3. The van der Waals surface area contributed by atoms with Crippen molar-refractivity contribution in [2.24, 2.45) is 5.73 Å². The maximum Gasteiger partial charge on any atom is 0.258 e. The highest BCUT2D eigenvalue weighted by Crippen LogP contribution is 2.43. The molecular weight excluding hydrogens is 518 g/mol. The van der Waals surface area contributed by atoms with E-state index in [4.69, 9.17) is 36.3 Å². The fourth-order valence-corrected chi connectivity index (χ4v) is 5.20. The molecule has 1 aromatic heterocycles. The molecule has 2 N–H and O–H groups in total. The van der Waals surface area contributed by atoms with Gasteiger partial charge in [0.05, 0.1) is 30.7 Å². The van der Waals surface area contributed by atoms with Crippen molar-refractivity contribution in [2.75, 3.05) is 13.2 Å². The van der Waals surface area contributed by atoms with Crippen LogP contribution in [0.25, 0.3) is 0 Å². The van der Waals surface area contributed by atoms with Crippen LogP contribution in [0.2, 0.25) is 5.02 Å². The van der Waals surface area contributed by atoms with Crippen LogP contribution < -0.4 is 25.5 Å². The number of aromatic nitrogens is 1. The van der Waals surface area contributed by atoms with Gasteiger partial charge in [-0.3, -0.25) is 4.79 Å². The Kier molecular flexibility index (Phi) is 7.82. The molecule has 2 aliphatic heterocycles. The first kappa shape index (κ1) is 26.7. The van der Waals surface area contributed by atoms with Crippen molar-refractivity contribution in [1.82, 2.24) is 4.57 Å². The van der Waals surface area contributed by atoms with Gasteiger partial charge in [-0.25, -0.2) is 0 Å². The number of fused-ring (bicyclic) bond motifs is 1. The van der Waals surface area contributed by atoms with Crippen LogP contribution in [-0.2, 0) is 17.9 Å². The molecular formula is C30H30ClN3O5. The zero-order valence-electron chi connectivity index (χ0n) is 21.9. The number of nitriles is 1. The van der Waals surface area contributed by atoms with Crippen molar-refractivity contribution in [1.29, 1.82) is 5.26 Å². The van der Waals surface area contributed by atoms with Crippen LogP contribution in [0.1, 0.15) is 48.1 Å². The van der Waals surface area contributed by atoms with Gasteiger partial charge in [-0.2, -0.15) is 5.26 Å². The lowest BCUT2D eigenvalue weighted by Gasteiger charge is -2.28. The van der Waals surface area contributed by atoms with Crippen molar-refractivity contribution in [3.63, 3.8) is 0 Å². The van der Waals surface area contributed by atoms with Gasteiger partial charge in [0, 0.05) is 23.4 Å². The number of benzene rings is 2. The Balaban J connectivity index is 1.55. The summed E-state index contributed by atoms with van der Waals surface area (Å²) in [6, 6.07) is 16.8. The van der Waals surface area contributed by atoms with Gasteiger partial charge in [0.2, 0.25) is 5.88 Å². The number of ether oxygens (including phenoxy) is 4. The highest BCUT2D eigenvalue weighted by Gasteiger charge is 2.35. The van der Waals surface area contributed by atoms with E-state index < -0.39 is 5.92 Å². The number of nitrogens with zero attached hydrogens (tertiary/aromatic N) is 2. The standard InChI is InChI=1S/C30H30ClN3O5/c1-3-36-25-14-20(8-11-24(25)38-17-19-6-9-21(31)10-7-19)27-23(15-32)29(33)39-26-13-18(2)34(30(35)28(26)27)16-22-5-4-12-37-22/h6-11,13-14,22,27H,3-5,12,16-17,33H2,1-2H3/t22-,27-/m0/s1. The Hall–Kier alpha value is -3.93. The number of pyridine rings is 1. The molecule has 3 aromatic rings. The van der Waals surface area contributed by atoms with Crippen molar-refractivity contribution in [2.45, 2.75) is 51.9 Å². The van der Waals surface area contributed by atoms with Gasteiger partial charge in [0.25, 0.3) is 5.56 Å². The van der Waals surface area contributed by atoms with Gasteiger partial charge in [-0.1, -0.05) is 29.8 Å². The topological polar surface area (TPSA) is 109 Å². The summed E-state index contributed by atoms with van der Waals surface area (Å²) in [5.74, 6) is 0.639. The summed E-state index contributed by atoms with van der Waals surface area (Å²) in [6.45, 7) is 5.59. The molecule has 9 heteroatoms. The molecule has 1 fully saturated rings. The van der Waals surface area contributed by atoms with E-state index in [-0.39, 0.29) is 23.1 Å². The fraction of sp³-hybridized carbons (Fsp3) is 0.333. The van der Waals surface area contributed by atoms with Crippen molar-refractivity contribution >= 4 is 11.6 Å². The predicted molar refractivity (Wildman–Crippen MR) is 147 cm³/mol.